The van der Waals surface area contributed by atoms with Gasteiger partial charge in [0.25, 0.3) is 0 Å². The molecular formula is C13H30N2. The summed E-state index contributed by atoms with van der Waals surface area (Å²) in [5.41, 5.74) is 0.304. The van der Waals surface area contributed by atoms with Crippen molar-refractivity contribution in [3.05, 3.63) is 0 Å². The van der Waals surface area contributed by atoms with E-state index in [0.29, 0.717) is 11.6 Å². The Balaban J connectivity index is 3.94. The molecule has 0 amide bonds. The molecule has 0 saturated carbocycles. The van der Waals surface area contributed by atoms with Crippen LogP contribution in [0, 0.1) is 5.92 Å². The third-order valence-electron chi connectivity index (χ3n) is 3.47. The normalized spacial score (nSPS) is 15.0. The number of nitrogens with zero attached hydrogens (tertiary/aromatic N) is 1. The molecule has 0 aliphatic rings. The first-order chi connectivity index (χ1) is 6.81. The molecule has 0 spiro atoms. The molecule has 1 atom stereocenters. The summed E-state index contributed by atoms with van der Waals surface area (Å²) in [6.45, 7) is 15.9. The molecule has 92 valence electrons. The molecule has 0 aromatic heterocycles. The Bertz CT molecular complexity index is 164. The van der Waals surface area contributed by atoms with Gasteiger partial charge in [-0.2, -0.15) is 0 Å². The highest BCUT2D eigenvalue weighted by Crippen LogP contribution is 2.18. The summed E-state index contributed by atoms with van der Waals surface area (Å²) >= 11 is 0. The molecule has 0 aromatic carbocycles. The average Bonchev–Trinajstić information content (AvgIpc) is 2.15. The summed E-state index contributed by atoms with van der Waals surface area (Å²) in [5, 5.41) is 3.52. The first-order valence-corrected chi connectivity index (χ1v) is 6.25. The highest BCUT2D eigenvalue weighted by molar-refractivity contribution is 4.82. The van der Waals surface area contributed by atoms with Crippen molar-refractivity contribution in [3.63, 3.8) is 0 Å². The maximum Gasteiger partial charge on any atom is 0.0194 e. The van der Waals surface area contributed by atoms with E-state index in [4.69, 9.17) is 0 Å². The highest BCUT2D eigenvalue weighted by atomic mass is 15.2. The molecular weight excluding hydrogens is 184 g/mol. The Labute approximate surface area is 96.4 Å². The minimum Gasteiger partial charge on any atom is -0.315 e. The summed E-state index contributed by atoms with van der Waals surface area (Å²) in [4.78, 5) is 2.47. The van der Waals surface area contributed by atoms with Gasteiger partial charge in [0.15, 0.2) is 0 Å². The van der Waals surface area contributed by atoms with E-state index in [1.165, 1.54) is 6.42 Å². The molecule has 2 nitrogen and oxygen atoms in total. The molecule has 0 aromatic rings. The number of likely N-dealkylation sites (N-methyl/N-ethyl adjacent to an activating group) is 1. The van der Waals surface area contributed by atoms with Gasteiger partial charge in [-0.05, 0) is 46.7 Å². The van der Waals surface area contributed by atoms with Gasteiger partial charge < -0.3 is 5.32 Å². The van der Waals surface area contributed by atoms with Crippen LogP contribution >= 0.6 is 0 Å². The Morgan fingerprint density at radius 1 is 1.13 bits per heavy atom. The number of hydrogen-bond donors (Lipinski definition) is 1. The minimum atomic E-state index is 0.304. The zero-order chi connectivity index (χ0) is 12.1. The summed E-state index contributed by atoms with van der Waals surface area (Å²) in [6, 6.07) is 0.596. The topological polar surface area (TPSA) is 15.3 Å². The van der Waals surface area contributed by atoms with Crippen LogP contribution in [0.15, 0.2) is 0 Å². The molecule has 0 radical (unpaired) electrons. The van der Waals surface area contributed by atoms with E-state index in [9.17, 15) is 0 Å². The van der Waals surface area contributed by atoms with E-state index in [0.717, 1.165) is 19.0 Å². The Hall–Kier alpha value is -0.0800. The fourth-order valence-corrected chi connectivity index (χ4v) is 1.56. The van der Waals surface area contributed by atoms with Crippen molar-refractivity contribution in [3.8, 4) is 0 Å². The predicted octanol–water partition coefficient (Wildman–Crippen LogP) is 2.74. The summed E-state index contributed by atoms with van der Waals surface area (Å²) < 4.78 is 0. The fraction of sp³-hybridized carbons (Fsp3) is 1.00. The Morgan fingerprint density at radius 2 is 1.67 bits per heavy atom. The van der Waals surface area contributed by atoms with Crippen LogP contribution in [-0.4, -0.2) is 36.6 Å². The van der Waals surface area contributed by atoms with E-state index in [-0.39, 0.29) is 0 Å². The minimum absolute atomic E-state index is 0.304. The van der Waals surface area contributed by atoms with Gasteiger partial charge in [-0.15, -0.1) is 0 Å². The maximum absolute atomic E-state index is 3.52. The molecule has 0 bridgehead atoms. The first-order valence-electron chi connectivity index (χ1n) is 6.25. The number of rotatable bonds is 7. The van der Waals surface area contributed by atoms with Gasteiger partial charge in [0.05, 0.1) is 0 Å². The second-order valence-corrected chi connectivity index (χ2v) is 5.68. The van der Waals surface area contributed by atoms with Crippen LogP contribution in [0.4, 0.5) is 0 Å². The molecule has 0 heterocycles. The van der Waals surface area contributed by atoms with E-state index in [1.807, 2.05) is 0 Å². The second kappa shape index (κ2) is 6.49. The van der Waals surface area contributed by atoms with Crippen molar-refractivity contribution in [1.29, 1.82) is 0 Å². The van der Waals surface area contributed by atoms with Gasteiger partial charge in [-0.3, -0.25) is 4.90 Å². The van der Waals surface area contributed by atoms with Crippen molar-refractivity contribution < 1.29 is 0 Å². The summed E-state index contributed by atoms with van der Waals surface area (Å²) in [6.07, 6.45) is 1.19. The van der Waals surface area contributed by atoms with E-state index in [1.54, 1.807) is 0 Å². The molecule has 0 saturated heterocycles. The monoisotopic (exact) mass is 214 g/mol. The molecule has 0 rings (SSSR count). The van der Waals surface area contributed by atoms with Crippen molar-refractivity contribution in [2.24, 2.45) is 5.92 Å². The standard InChI is InChI=1S/C13H30N2/c1-8-13(5,6)15(7)12(4)10-14-9-11(2)3/h11-12,14H,8-10H2,1-7H3. The van der Waals surface area contributed by atoms with Gasteiger partial charge in [0.1, 0.15) is 0 Å². The van der Waals surface area contributed by atoms with Crippen LogP contribution in [0.1, 0.15) is 48.0 Å². The van der Waals surface area contributed by atoms with Gasteiger partial charge in [0, 0.05) is 18.1 Å². The van der Waals surface area contributed by atoms with Crippen molar-refractivity contribution >= 4 is 0 Å². The van der Waals surface area contributed by atoms with Gasteiger partial charge in [-0.1, -0.05) is 20.8 Å². The largest absolute Gasteiger partial charge is 0.315 e. The van der Waals surface area contributed by atoms with E-state index >= 15 is 0 Å². The van der Waals surface area contributed by atoms with Crippen LogP contribution in [0.2, 0.25) is 0 Å². The van der Waals surface area contributed by atoms with Crippen molar-refractivity contribution in [1.82, 2.24) is 10.2 Å². The van der Waals surface area contributed by atoms with Crippen LogP contribution in [0.5, 0.6) is 0 Å². The van der Waals surface area contributed by atoms with E-state index in [2.05, 4.69) is 58.8 Å². The molecule has 15 heavy (non-hydrogen) atoms. The Kier molecular flexibility index (Phi) is 6.46. The molecule has 2 heteroatoms. The number of nitrogens with one attached hydrogen (secondary N) is 1. The summed E-state index contributed by atoms with van der Waals surface area (Å²) in [7, 11) is 2.23. The second-order valence-electron chi connectivity index (χ2n) is 5.68. The molecule has 0 fully saturated rings. The quantitative estimate of drug-likeness (QED) is 0.701. The van der Waals surface area contributed by atoms with E-state index < -0.39 is 0 Å². The Morgan fingerprint density at radius 3 is 2.07 bits per heavy atom. The third kappa shape index (κ3) is 5.53. The third-order valence-corrected chi connectivity index (χ3v) is 3.47. The lowest BCUT2D eigenvalue weighted by atomic mass is 9.98. The van der Waals surface area contributed by atoms with Crippen LogP contribution in [0.3, 0.4) is 0 Å². The van der Waals surface area contributed by atoms with Gasteiger partial charge in [-0.25, -0.2) is 0 Å². The maximum atomic E-state index is 3.52. The zero-order valence-electron chi connectivity index (χ0n) is 11.7. The molecule has 0 aliphatic heterocycles. The molecule has 1 unspecified atom stereocenters. The van der Waals surface area contributed by atoms with Gasteiger partial charge >= 0.3 is 0 Å². The van der Waals surface area contributed by atoms with Crippen LogP contribution in [0.25, 0.3) is 0 Å². The smallest absolute Gasteiger partial charge is 0.0194 e. The van der Waals surface area contributed by atoms with Gasteiger partial charge in [0.2, 0.25) is 0 Å². The SMILES string of the molecule is CCC(C)(C)N(C)C(C)CNCC(C)C. The average molecular weight is 214 g/mol. The molecule has 1 N–H and O–H groups in total. The van der Waals surface area contributed by atoms with Crippen LogP contribution < -0.4 is 5.32 Å². The fourth-order valence-electron chi connectivity index (χ4n) is 1.56. The predicted molar refractivity (Wildman–Crippen MR) is 69.3 cm³/mol. The lowest BCUT2D eigenvalue weighted by Crippen LogP contribution is -2.49. The lowest BCUT2D eigenvalue weighted by molar-refractivity contribution is 0.104. The number of hydrogen-bond acceptors (Lipinski definition) is 2. The summed E-state index contributed by atoms with van der Waals surface area (Å²) in [5.74, 6) is 0.738. The molecule has 0 aliphatic carbocycles. The van der Waals surface area contributed by atoms with Crippen molar-refractivity contribution in [2.75, 3.05) is 20.1 Å². The highest BCUT2D eigenvalue weighted by Gasteiger charge is 2.24. The van der Waals surface area contributed by atoms with Crippen molar-refractivity contribution in [2.45, 2.75) is 59.5 Å². The van der Waals surface area contributed by atoms with Crippen LogP contribution in [-0.2, 0) is 0 Å². The first kappa shape index (κ1) is 14.9. The lowest BCUT2D eigenvalue weighted by Gasteiger charge is -2.39. The zero-order valence-corrected chi connectivity index (χ0v) is 11.7.